The molecule has 8 heterocycles. The van der Waals surface area contributed by atoms with Crippen molar-refractivity contribution in [2.75, 3.05) is 103 Å². The molecule has 0 saturated carbocycles. The van der Waals surface area contributed by atoms with Gasteiger partial charge in [-0.3, -0.25) is 53.9 Å². The number of ether oxygens (including phenoxy) is 9. The number of carboxylic acid groups (broad SMARTS) is 1. The van der Waals surface area contributed by atoms with Crippen LogP contribution in [0.1, 0.15) is 252 Å². The number of Topliss-reactive ketones (excluding diaryl/α,β-unsaturated/α-hetero) is 4. The quantitative estimate of drug-likeness (QED) is 0.0257. The van der Waals surface area contributed by atoms with Crippen LogP contribution in [0.5, 0.6) is 0 Å². The molecule has 754 valence electrons. The molecule has 5 amide bonds. The first-order chi connectivity index (χ1) is 59.8. The number of aliphatic carboxylic acids is 1. The Morgan fingerprint density at radius 3 is 1.36 bits per heavy atom. The number of nitrogens with zero attached hydrogens (tertiary/aromatic N) is 10. The topological polar surface area (TPSA) is 458 Å². The number of carboxylic acids is 1. The fourth-order valence-electron chi connectivity index (χ4n) is 12.8. The molecule has 10 rings (SSSR count). The van der Waals surface area contributed by atoms with E-state index in [0.29, 0.717) is 106 Å². The summed E-state index contributed by atoms with van der Waals surface area (Å²) in [6.07, 6.45) is 1.80. The molecule has 0 aliphatic carbocycles. The number of amides is 5. The van der Waals surface area contributed by atoms with Crippen molar-refractivity contribution in [3.05, 3.63) is 107 Å². The van der Waals surface area contributed by atoms with Crippen molar-refractivity contribution >= 4 is 145 Å². The number of hydrogen-bond donors (Lipinski definition) is 1. The molecule has 1 aromatic heterocycles. The van der Waals surface area contributed by atoms with E-state index in [1.54, 1.807) is 83.9 Å². The average molecular weight is 2090 g/mol. The summed E-state index contributed by atoms with van der Waals surface area (Å²) in [6.45, 7) is 46.7. The number of ketones is 4. The lowest BCUT2D eigenvalue weighted by Gasteiger charge is -2.35. The predicted octanol–water partition coefficient (Wildman–Crippen LogP) is 17.7. The molecule has 5 atom stereocenters. The molecule has 0 radical (unpaired) electrons. The number of carbonyl (C=O) groups is 13. The molecule has 37 nitrogen and oxygen atoms in total. The SMILES string of the molecule is C.C.C.C1CCOC1.CC(=O)O.CC(C)(C)OC(=O)N1CCC(=O)CC1.CC1CN(C(=O)OC(C)(C)C)CCC1=O.CCOC(=O)C(=O)C1CN(C(=O)OC(C)(C)C)CC(C)C1=O.CCOC(=O)C1=NCC2=C1CN(C(=O)OC(C)(C)C)CC2C.CCOC(=O)c1nn(Cc2ccc(F)cc2[N+](=O)[O-])c2c1CN(C(=O)OC(C)(C)C)CC2C.CI.Cl.O=[N+]([O-])c1cc(F)ccc1CBr. The summed E-state index contributed by atoms with van der Waals surface area (Å²) in [4.78, 5) is 186. The Hall–Kier alpha value is -9.91. The Labute approximate surface area is 809 Å². The van der Waals surface area contributed by atoms with E-state index < -0.39 is 103 Å². The van der Waals surface area contributed by atoms with Gasteiger partial charge in [-0.1, -0.05) is 88.5 Å². The van der Waals surface area contributed by atoms with Gasteiger partial charge >= 0.3 is 48.4 Å². The van der Waals surface area contributed by atoms with Crippen molar-refractivity contribution in [3.63, 3.8) is 0 Å². The fourth-order valence-corrected chi connectivity index (χ4v) is 13.3. The third-order valence-electron chi connectivity index (χ3n) is 18.4. The van der Waals surface area contributed by atoms with Gasteiger partial charge < -0.3 is 72.2 Å². The van der Waals surface area contributed by atoms with Crippen LogP contribution in [-0.4, -0.2) is 264 Å². The summed E-state index contributed by atoms with van der Waals surface area (Å²) in [7, 11) is 0. The molecule has 42 heteroatoms. The molecule has 7 aliphatic heterocycles. The highest BCUT2D eigenvalue weighted by molar-refractivity contribution is 14.1. The van der Waals surface area contributed by atoms with Crippen molar-refractivity contribution in [2.24, 2.45) is 28.7 Å². The third kappa shape index (κ3) is 45.3. The maximum Gasteiger partial charge on any atom is 0.410 e. The zero-order valence-electron chi connectivity index (χ0n) is 79.1. The van der Waals surface area contributed by atoms with Gasteiger partial charge in [0.15, 0.2) is 5.69 Å². The number of benzene rings is 2. The number of alkyl halides is 2. The van der Waals surface area contributed by atoms with Crippen LogP contribution in [0.25, 0.3) is 0 Å². The molecule has 7 aliphatic rings. The van der Waals surface area contributed by atoms with Gasteiger partial charge in [-0.25, -0.2) is 47.1 Å². The first-order valence-corrected chi connectivity index (χ1v) is 45.5. The normalized spacial score (nSPS) is 17.6. The van der Waals surface area contributed by atoms with Crippen molar-refractivity contribution in [1.82, 2.24) is 34.3 Å². The average Bonchev–Trinajstić information content (AvgIpc) is 1.61. The number of nitro groups is 2. The maximum atomic E-state index is 13.6. The van der Waals surface area contributed by atoms with E-state index in [4.69, 9.17) is 47.8 Å². The number of rotatable bonds is 12. The standard InChI is InChI=1S/C22H27FN4O6.C16H24N2O4.C15H23NO6.C11H19NO3.C10H17NO3.C7H5BrFNO2.C4H8O.C2H4O2.CH3I.3CH4.ClH/c1-6-32-20(28)18-16-12-25(21(29)33-22(3,4)5)10-13(2)19(16)26(24-18)11-14-7-8-15(23)9-17(14)27(30)31;1-6-21-14(19)13-12-9-18(15(20)22-16(3,4)5)8-10(2)11(12)7-17-13;1-6-21-13(19)12(18)10-8-16(7-9(2)11(10)17)14(20)22-15(3,4)5;1-8-7-12(6-5-9(8)13)10(14)15-11(2,3)4;1-10(2,3)14-9(13)11-6-4-8(12)5-7-11;8-4-5-1-2-6(9)3-7(5)10(11)12;1-2-4-5-3-1;1-2(3)4;1-2;;;;/h7-9,13H,6,10-12H2,1-5H3;10H,6-9H2,1-5H3;9-10H,6-8H2,1-5H3;8H,5-7H2,1-4H3;4-7H2,1-3H3;1-3H,4H2;1-4H2;1H3,(H,3,4);1H3;3*1H4;1H. The minimum absolute atomic E-state index is 0. The van der Waals surface area contributed by atoms with Crippen LogP contribution < -0.4 is 0 Å². The molecule has 5 unspecified atom stereocenters. The number of carbonyl (C=O) groups excluding carboxylic acids is 12. The van der Waals surface area contributed by atoms with Crippen LogP contribution in [0.3, 0.4) is 0 Å². The van der Waals surface area contributed by atoms with Crippen LogP contribution in [0.15, 0.2) is 52.5 Å². The Balaban J connectivity index is -0.00000152. The Morgan fingerprint density at radius 1 is 0.549 bits per heavy atom. The first-order valence-electron chi connectivity index (χ1n) is 42.2. The van der Waals surface area contributed by atoms with E-state index in [1.165, 1.54) is 45.5 Å². The van der Waals surface area contributed by atoms with Gasteiger partial charge in [0.05, 0.1) is 73.5 Å². The lowest BCUT2D eigenvalue weighted by molar-refractivity contribution is -0.385. The van der Waals surface area contributed by atoms with Crippen LogP contribution in [0.2, 0.25) is 0 Å². The number of likely N-dealkylation sites (tertiary alicyclic amines) is 3. The smallest absolute Gasteiger partial charge is 0.410 e. The van der Waals surface area contributed by atoms with E-state index in [0.717, 1.165) is 49.5 Å². The van der Waals surface area contributed by atoms with Crippen LogP contribution in [0.4, 0.5) is 44.1 Å². The number of hydrogen-bond acceptors (Lipinski definition) is 28. The van der Waals surface area contributed by atoms with Crippen LogP contribution in [0, 0.1) is 55.5 Å². The number of nitro benzene ring substituents is 2. The highest BCUT2D eigenvalue weighted by atomic mass is 127. The molecule has 4 saturated heterocycles. The summed E-state index contributed by atoms with van der Waals surface area (Å²) in [5.74, 6) is -6.93. The van der Waals surface area contributed by atoms with Gasteiger partial charge in [0.2, 0.25) is 0 Å². The molecular formula is C91H143BrClF2IN10O27. The summed E-state index contributed by atoms with van der Waals surface area (Å²) in [5, 5.41) is 33.9. The third-order valence-corrected chi connectivity index (χ3v) is 19.0. The van der Waals surface area contributed by atoms with E-state index in [1.807, 2.05) is 88.0 Å². The molecule has 1 N–H and O–H groups in total. The highest BCUT2D eigenvalue weighted by Crippen LogP contribution is 2.35. The second-order valence-electron chi connectivity index (χ2n) is 35.4. The Bertz CT molecular complexity index is 4450. The van der Waals surface area contributed by atoms with Gasteiger partial charge in [0.1, 0.15) is 68.6 Å². The van der Waals surface area contributed by atoms with E-state index in [9.17, 15) is 86.5 Å². The number of fused-ring (bicyclic) bond motifs is 1. The Kier molecular flexibility index (Phi) is 56.5. The molecule has 4 fully saturated rings. The molecule has 0 spiro atoms. The maximum absolute atomic E-state index is 13.6. The second kappa shape index (κ2) is 59.1. The van der Waals surface area contributed by atoms with Crippen molar-refractivity contribution in [2.45, 2.75) is 266 Å². The minimum Gasteiger partial charge on any atom is -0.481 e. The van der Waals surface area contributed by atoms with E-state index in [-0.39, 0.29) is 150 Å². The van der Waals surface area contributed by atoms with Crippen LogP contribution >= 0.6 is 50.9 Å². The molecule has 2 aromatic carbocycles. The summed E-state index contributed by atoms with van der Waals surface area (Å²) in [6, 6.07) is 6.82. The molecule has 3 aromatic rings. The van der Waals surface area contributed by atoms with E-state index >= 15 is 0 Å². The monoisotopic (exact) mass is 2090 g/mol. The Morgan fingerprint density at radius 2 is 0.940 bits per heavy atom. The highest BCUT2D eigenvalue weighted by Gasteiger charge is 2.44. The number of aromatic nitrogens is 2. The number of piperidine rings is 3. The number of aliphatic imine (C=N–C) groups is 1. The van der Waals surface area contributed by atoms with Gasteiger partial charge in [-0.05, 0) is 178 Å². The van der Waals surface area contributed by atoms with Gasteiger partial charge in [-0.2, -0.15) is 5.10 Å². The summed E-state index contributed by atoms with van der Waals surface area (Å²) < 4.78 is 73.9. The molecular weight excluding hydrogens is 1950 g/mol. The molecule has 0 bridgehead atoms. The predicted molar refractivity (Wildman–Crippen MR) is 511 cm³/mol. The van der Waals surface area contributed by atoms with Crippen LogP contribution in [-0.2, 0) is 94.6 Å². The number of halogens is 5. The van der Waals surface area contributed by atoms with E-state index in [2.05, 4.69) is 53.3 Å². The lowest BCUT2D eigenvalue weighted by Crippen LogP contribution is -2.53. The second-order valence-corrected chi connectivity index (χ2v) is 36.0. The largest absolute Gasteiger partial charge is 0.481 e. The lowest BCUT2D eigenvalue weighted by atomic mass is 9.86. The summed E-state index contributed by atoms with van der Waals surface area (Å²) >= 11 is 5.22. The van der Waals surface area contributed by atoms with Crippen molar-refractivity contribution < 1.29 is 129 Å². The zero-order chi connectivity index (χ0) is 98.7. The van der Waals surface area contributed by atoms with Crippen molar-refractivity contribution in [1.29, 1.82) is 0 Å². The van der Waals surface area contributed by atoms with Crippen molar-refractivity contribution in [3.8, 4) is 0 Å². The van der Waals surface area contributed by atoms with Gasteiger partial charge in [0.25, 0.3) is 23.1 Å². The first kappa shape index (κ1) is 127. The van der Waals surface area contributed by atoms with Gasteiger partial charge in [0, 0.05) is 137 Å². The number of esters is 3. The minimum atomic E-state index is -1.18. The fraction of sp³-hybridized carbons (Fsp3) is 0.659. The zero-order valence-corrected chi connectivity index (χ0v) is 83.6. The van der Waals surface area contributed by atoms with Gasteiger partial charge in [-0.15, -0.1) is 12.4 Å². The summed E-state index contributed by atoms with van der Waals surface area (Å²) in [5.41, 5.74) is 0.827. The molecule has 133 heavy (non-hydrogen) atoms.